The minimum atomic E-state index is 0.637. The predicted octanol–water partition coefficient (Wildman–Crippen LogP) is 3.22. The smallest absolute Gasteiger partial charge is 0.0345 e. The van der Waals surface area contributed by atoms with Crippen LogP contribution in [-0.2, 0) is 6.42 Å². The summed E-state index contributed by atoms with van der Waals surface area (Å²) in [5.74, 6) is 0. The molecule has 15 heavy (non-hydrogen) atoms. The Morgan fingerprint density at radius 3 is 2.60 bits per heavy atom. The largest absolute Gasteiger partial charge is 0.299 e. The van der Waals surface area contributed by atoms with Gasteiger partial charge in [0, 0.05) is 6.04 Å². The second-order valence-corrected chi connectivity index (χ2v) is 4.48. The molecule has 81 valence electrons. The van der Waals surface area contributed by atoms with Crippen molar-refractivity contribution in [2.45, 2.75) is 31.7 Å². The highest BCUT2D eigenvalue weighted by atomic mass is 15.1. The van der Waals surface area contributed by atoms with E-state index in [4.69, 9.17) is 0 Å². The van der Waals surface area contributed by atoms with Crippen molar-refractivity contribution >= 4 is 0 Å². The second kappa shape index (κ2) is 4.80. The van der Waals surface area contributed by atoms with Gasteiger partial charge < -0.3 is 0 Å². The van der Waals surface area contributed by atoms with E-state index in [0.29, 0.717) is 6.04 Å². The highest BCUT2D eigenvalue weighted by molar-refractivity contribution is 5.25. The van der Waals surface area contributed by atoms with Gasteiger partial charge in [-0.15, -0.1) is 0 Å². The average Bonchev–Trinajstić information content (AvgIpc) is 2.30. The Kier molecular flexibility index (Phi) is 3.42. The molecule has 1 saturated heterocycles. The second-order valence-electron chi connectivity index (χ2n) is 4.48. The van der Waals surface area contributed by atoms with Crippen LogP contribution in [0.4, 0.5) is 0 Å². The number of hydrogen-bond acceptors (Lipinski definition) is 1. The number of benzene rings is 1. The SMILES string of the molecule is [CH2]Cc1ccc(C2CCCCN2C)cc1. The van der Waals surface area contributed by atoms with Crippen molar-refractivity contribution in [1.82, 2.24) is 4.90 Å². The highest BCUT2D eigenvalue weighted by Crippen LogP contribution is 2.29. The van der Waals surface area contributed by atoms with Crippen LogP contribution in [0.2, 0.25) is 0 Å². The lowest BCUT2D eigenvalue weighted by molar-refractivity contribution is 0.187. The fraction of sp³-hybridized carbons (Fsp3) is 0.500. The van der Waals surface area contributed by atoms with Crippen LogP contribution in [0.25, 0.3) is 0 Å². The van der Waals surface area contributed by atoms with Gasteiger partial charge in [0.2, 0.25) is 0 Å². The lowest BCUT2D eigenvalue weighted by atomic mass is 9.95. The van der Waals surface area contributed by atoms with E-state index in [1.807, 2.05) is 0 Å². The molecule has 1 atom stereocenters. The molecule has 0 spiro atoms. The summed E-state index contributed by atoms with van der Waals surface area (Å²) in [7, 11) is 2.24. The normalized spacial score (nSPS) is 22.9. The van der Waals surface area contributed by atoms with Crippen LogP contribution in [0.15, 0.2) is 24.3 Å². The summed E-state index contributed by atoms with van der Waals surface area (Å²) in [6, 6.07) is 9.60. The van der Waals surface area contributed by atoms with Crippen molar-refractivity contribution in [3.05, 3.63) is 42.3 Å². The van der Waals surface area contributed by atoms with Gasteiger partial charge in [-0.3, -0.25) is 4.90 Å². The van der Waals surface area contributed by atoms with Crippen molar-refractivity contribution < 1.29 is 0 Å². The van der Waals surface area contributed by atoms with Crippen molar-refractivity contribution in [1.29, 1.82) is 0 Å². The van der Waals surface area contributed by atoms with Crippen LogP contribution in [0.1, 0.15) is 36.4 Å². The van der Waals surface area contributed by atoms with Crippen LogP contribution in [0.3, 0.4) is 0 Å². The lowest BCUT2D eigenvalue weighted by Gasteiger charge is -2.32. The molecule has 1 aliphatic rings. The Morgan fingerprint density at radius 2 is 2.00 bits per heavy atom. The van der Waals surface area contributed by atoms with Crippen LogP contribution >= 0.6 is 0 Å². The Balaban J connectivity index is 2.13. The molecule has 0 amide bonds. The molecule has 2 rings (SSSR count). The fourth-order valence-electron chi connectivity index (χ4n) is 2.40. The zero-order valence-electron chi connectivity index (χ0n) is 9.58. The topological polar surface area (TPSA) is 3.24 Å². The third kappa shape index (κ3) is 2.40. The molecule has 1 aromatic carbocycles. The maximum Gasteiger partial charge on any atom is 0.0345 e. The summed E-state index contributed by atoms with van der Waals surface area (Å²) >= 11 is 0. The van der Waals surface area contributed by atoms with Gasteiger partial charge in [0.15, 0.2) is 0 Å². The van der Waals surface area contributed by atoms with E-state index in [1.165, 1.54) is 36.9 Å². The fourth-order valence-corrected chi connectivity index (χ4v) is 2.40. The zero-order chi connectivity index (χ0) is 10.7. The van der Waals surface area contributed by atoms with Crippen molar-refractivity contribution in [3.8, 4) is 0 Å². The van der Waals surface area contributed by atoms with Gasteiger partial charge in [-0.25, -0.2) is 0 Å². The summed E-state index contributed by atoms with van der Waals surface area (Å²) in [6.07, 6.45) is 4.91. The minimum Gasteiger partial charge on any atom is -0.299 e. The van der Waals surface area contributed by atoms with Gasteiger partial charge in [0.1, 0.15) is 0 Å². The van der Waals surface area contributed by atoms with E-state index in [0.717, 1.165) is 6.42 Å². The van der Waals surface area contributed by atoms with Crippen molar-refractivity contribution in [2.75, 3.05) is 13.6 Å². The molecule has 1 radical (unpaired) electrons. The van der Waals surface area contributed by atoms with Gasteiger partial charge >= 0.3 is 0 Å². The van der Waals surface area contributed by atoms with E-state index in [2.05, 4.69) is 43.1 Å². The van der Waals surface area contributed by atoms with Gasteiger partial charge in [-0.1, -0.05) is 30.7 Å². The van der Waals surface area contributed by atoms with Gasteiger partial charge in [-0.2, -0.15) is 0 Å². The maximum absolute atomic E-state index is 3.90. The number of nitrogens with zero attached hydrogens (tertiary/aromatic N) is 1. The summed E-state index contributed by atoms with van der Waals surface area (Å²) in [5, 5.41) is 0. The molecule has 1 aromatic rings. The standard InChI is InChI=1S/C14H20N/c1-3-12-7-9-13(10-8-12)14-6-4-5-11-15(14)2/h7-10,14H,1,3-6,11H2,2H3. The predicted molar refractivity (Wildman–Crippen MR) is 64.7 cm³/mol. The first-order valence-corrected chi connectivity index (χ1v) is 5.89. The Hall–Kier alpha value is -0.820. The average molecular weight is 202 g/mol. The van der Waals surface area contributed by atoms with Gasteiger partial charge in [0.05, 0.1) is 0 Å². The van der Waals surface area contributed by atoms with Crippen molar-refractivity contribution in [3.63, 3.8) is 0 Å². The van der Waals surface area contributed by atoms with E-state index in [1.54, 1.807) is 0 Å². The molecule has 1 unspecified atom stereocenters. The molecule has 0 aromatic heterocycles. The monoisotopic (exact) mass is 202 g/mol. The van der Waals surface area contributed by atoms with E-state index >= 15 is 0 Å². The summed E-state index contributed by atoms with van der Waals surface area (Å²) in [5.41, 5.74) is 2.80. The number of hydrogen-bond donors (Lipinski definition) is 0. The van der Waals surface area contributed by atoms with Crippen LogP contribution < -0.4 is 0 Å². The summed E-state index contributed by atoms with van der Waals surface area (Å²) in [4.78, 5) is 2.47. The van der Waals surface area contributed by atoms with E-state index < -0.39 is 0 Å². The zero-order valence-corrected chi connectivity index (χ0v) is 9.58. The van der Waals surface area contributed by atoms with E-state index in [9.17, 15) is 0 Å². The first-order valence-electron chi connectivity index (χ1n) is 5.89. The number of rotatable bonds is 2. The van der Waals surface area contributed by atoms with Crippen molar-refractivity contribution in [2.24, 2.45) is 0 Å². The number of likely N-dealkylation sites (tertiary alicyclic amines) is 1. The van der Waals surface area contributed by atoms with Gasteiger partial charge in [0.25, 0.3) is 0 Å². The van der Waals surface area contributed by atoms with Crippen LogP contribution in [-0.4, -0.2) is 18.5 Å². The first kappa shape index (κ1) is 10.7. The Bertz CT molecular complexity index is 302. The molecule has 0 N–H and O–H groups in total. The molecule has 0 aliphatic carbocycles. The minimum absolute atomic E-state index is 0.637. The molecule has 1 heterocycles. The Morgan fingerprint density at radius 1 is 1.27 bits per heavy atom. The van der Waals surface area contributed by atoms with Crippen LogP contribution in [0, 0.1) is 6.92 Å². The Labute approximate surface area is 93.1 Å². The first-order chi connectivity index (χ1) is 7.31. The molecular formula is C14H20N. The highest BCUT2D eigenvalue weighted by Gasteiger charge is 2.19. The van der Waals surface area contributed by atoms with Gasteiger partial charge in [-0.05, 0) is 50.9 Å². The number of piperidine rings is 1. The summed E-state index contributed by atoms with van der Waals surface area (Å²) < 4.78 is 0. The molecular weight excluding hydrogens is 182 g/mol. The molecule has 1 aliphatic heterocycles. The molecule has 1 heteroatoms. The molecule has 0 saturated carbocycles. The molecule has 1 fully saturated rings. The molecule has 1 nitrogen and oxygen atoms in total. The van der Waals surface area contributed by atoms with E-state index in [-0.39, 0.29) is 0 Å². The molecule has 0 bridgehead atoms. The third-order valence-corrected chi connectivity index (χ3v) is 3.42. The lowest BCUT2D eigenvalue weighted by Crippen LogP contribution is -2.29. The quantitative estimate of drug-likeness (QED) is 0.711. The van der Waals surface area contributed by atoms with Crippen LogP contribution in [0.5, 0.6) is 0 Å². The third-order valence-electron chi connectivity index (χ3n) is 3.42. The summed E-state index contributed by atoms with van der Waals surface area (Å²) in [6.45, 7) is 5.14. The maximum atomic E-state index is 3.90.